The van der Waals surface area contributed by atoms with E-state index in [4.69, 9.17) is 5.11 Å². The van der Waals surface area contributed by atoms with Crippen LogP contribution in [0.3, 0.4) is 0 Å². The summed E-state index contributed by atoms with van der Waals surface area (Å²) in [6.07, 6.45) is 0.0517. The third kappa shape index (κ3) is 2.18. The Morgan fingerprint density at radius 2 is 1.94 bits per heavy atom. The van der Waals surface area contributed by atoms with E-state index >= 15 is 0 Å². The Morgan fingerprint density at radius 1 is 1.29 bits per heavy atom. The fourth-order valence-corrected chi connectivity index (χ4v) is 1.93. The number of carbonyl (C=O) groups is 3. The Bertz CT molecular complexity index is 469. The number of carboxylic acids is 1. The SMILES string of the molecule is O=C(O)CN1C(=O)CC(c2ccccc2)C1=O. The molecule has 0 aromatic heterocycles. The number of likely N-dealkylation sites (tertiary alicyclic amines) is 1. The van der Waals surface area contributed by atoms with Crippen LogP contribution in [0.4, 0.5) is 0 Å². The van der Waals surface area contributed by atoms with E-state index in [-0.39, 0.29) is 6.42 Å². The van der Waals surface area contributed by atoms with Crippen molar-refractivity contribution in [3.63, 3.8) is 0 Å². The lowest BCUT2D eigenvalue weighted by atomic mass is 9.98. The highest BCUT2D eigenvalue weighted by Gasteiger charge is 2.40. The molecule has 2 rings (SSSR count). The van der Waals surface area contributed by atoms with Gasteiger partial charge in [0.15, 0.2) is 0 Å². The van der Waals surface area contributed by atoms with Crippen LogP contribution in [0, 0.1) is 0 Å². The smallest absolute Gasteiger partial charge is 0.323 e. The largest absolute Gasteiger partial charge is 0.480 e. The van der Waals surface area contributed by atoms with E-state index in [1.165, 1.54) is 0 Å². The second-order valence-corrected chi connectivity index (χ2v) is 3.88. The lowest BCUT2D eigenvalue weighted by Gasteiger charge is -2.12. The van der Waals surface area contributed by atoms with Crippen LogP contribution in [-0.4, -0.2) is 34.3 Å². The van der Waals surface area contributed by atoms with E-state index in [9.17, 15) is 14.4 Å². The van der Waals surface area contributed by atoms with Gasteiger partial charge in [-0.3, -0.25) is 19.3 Å². The van der Waals surface area contributed by atoms with Crippen LogP contribution < -0.4 is 0 Å². The molecule has 88 valence electrons. The standard InChI is InChI=1S/C12H11NO4/c14-10-6-9(8-4-2-1-3-5-8)12(17)13(10)7-11(15)16/h1-5,9H,6-7H2,(H,15,16). The second kappa shape index (κ2) is 4.37. The molecule has 0 radical (unpaired) electrons. The van der Waals surface area contributed by atoms with Crippen LogP contribution in [0.2, 0.25) is 0 Å². The predicted molar refractivity (Wildman–Crippen MR) is 58.2 cm³/mol. The number of hydrogen-bond acceptors (Lipinski definition) is 3. The first-order valence-corrected chi connectivity index (χ1v) is 5.20. The first kappa shape index (κ1) is 11.3. The molecule has 0 saturated carbocycles. The molecule has 5 nitrogen and oxygen atoms in total. The number of hydrogen-bond donors (Lipinski definition) is 1. The lowest BCUT2D eigenvalue weighted by Crippen LogP contribution is -2.35. The fourth-order valence-electron chi connectivity index (χ4n) is 1.93. The van der Waals surface area contributed by atoms with Crippen LogP contribution >= 0.6 is 0 Å². The van der Waals surface area contributed by atoms with Crippen molar-refractivity contribution in [1.29, 1.82) is 0 Å². The van der Waals surface area contributed by atoms with E-state index in [1.807, 2.05) is 6.07 Å². The average molecular weight is 233 g/mol. The van der Waals surface area contributed by atoms with Crippen molar-refractivity contribution >= 4 is 17.8 Å². The molecule has 1 aromatic carbocycles. The third-order valence-corrected chi connectivity index (χ3v) is 2.74. The maximum atomic E-state index is 11.9. The van der Waals surface area contributed by atoms with E-state index in [0.717, 1.165) is 10.5 Å². The van der Waals surface area contributed by atoms with Gasteiger partial charge in [-0.25, -0.2) is 0 Å². The normalized spacial score (nSPS) is 19.8. The van der Waals surface area contributed by atoms with Gasteiger partial charge >= 0.3 is 5.97 Å². The van der Waals surface area contributed by atoms with Crippen molar-refractivity contribution in [2.24, 2.45) is 0 Å². The second-order valence-electron chi connectivity index (χ2n) is 3.88. The van der Waals surface area contributed by atoms with Crippen LogP contribution in [0.1, 0.15) is 17.9 Å². The molecule has 2 amide bonds. The maximum absolute atomic E-state index is 11.9. The Labute approximate surface area is 97.7 Å². The molecule has 1 fully saturated rings. The third-order valence-electron chi connectivity index (χ3n) is 2.74. The Kier molecular flexibility index (Phi) is 2.91. The molecule has 1 aromatic rings. The minimum atomic E-state index is -1.18. The molecular weight excluding hydrogens is 222 g/mol. The van der Waals surface area contributed by atoms with Gasteiger partial charge in [0.25, 0.3) is 0 Å². The zero-order valence-corrected chi connectivity index (χ0v) is 9.00. The molecule has 17 heavy (non-hydrogen) atoms. The summed E-state index contributed by atoms with van der Waals surface area (Å²) in [5.41, 5.74) is 0.749. The van der Waals surface area contributed by atoms with Crippen LogP contribution in [0.15, 0.2) is 30.3 Å². The van der Waals surface area contributed by atoms with Crippen molar-refractivity contribution in [3.05, 3.63) is 35.9 Å². The van der Waals surface area contributed by atoms with Crippen molar-refractivity contribution in [2.45, 2.75) is 12.3 Å². The highest BCUT2D eigenvalue weighted by atomic mass is 16.4. The van der Waals surface area contributed by atoms with Crippen LogP contribution in [0.5, 0.6) is 0 Å². The first-order valence-electron chi connectivity index (χ1n) is 5.20. The minimum Gasteiger partial charge on any atom is -0.480 e. The van der Waals surface area contributed by atoms with Gasteiger partial charge in [0, 0.05) is 6.42 Å². The van der Waals surface area contributed by atoms with Gasteiger partial charge in [0.1, 0.15) is 6.54 Å². The fraction of sp³-hybridized carbons (Fsp3) is 0.250. The molecule has 0 aliphatic carbocycles. The lowest BCUT2D eigenvalue weighted by molar-refractivity contribution is -0.148. The van der Waals surface area contributed by atoms with Crippen molar-refractivity contribution in [2.75, 3.05) is 6.54 Å². The summed E-state index contributed by atoms with van der Waals surface area (Å²) >= 11 is 0. The average Bonchev–Trinajstić information content (AvgIpc) is 2.58. The summed E-state index contributed by atoms with van der Waals surface area (Å²) in [6.45, 7) is -0.555. The molecule has 0 bridgehead atoms. The van der Waals surface area contributed by atoms with E-state index in [2.05, 4.69) is 0 Å². The molecular formula is C12H11NO4. The van der Waals surface area contributed by atoms with Gasteiger partial charge < -0.3 is 5.11 Å². The maximum Gasteiger partial charge on any atom is 0.323 e. The summed E-state index contributed by atoms with van der Waals surface area (Å²) < 4.78 is 0. The zero-order valence-electron chi connectivity index (χ0n) is 9.00. The van der Waals surface area contributed by atoms with Crippen molar-refractivity contribution < 1.29 is 19.5 Å². The molecule has 5 heteroatoms. The Balaban J connectivity index is 2.22. The zero-order chi connectivity index (χ0) is 12.4. The molecule has 1 aliphatic rings. The predicted octanol–water partition coefficient (Wildman–Crippen LogP) is 0.614. The Morgan fingerprint density at radius 3 is 2.53 bits per heavy atom. The van der Waals surface area contributed by atoms with E-state index < -0.39 is 30.2 Å². The number of nitrogens with zero attached hydrogens (tertiary/aromatic N) is 1. The van der Waals surface area contributed by atoms with E-state index in [0.29, 0.717) is 0 Å². The van der Waals surface area contributed by atoms with Gasteiger partial charge in [0.05, 0.1) is 5.92 Å². The quantitative estimate of drug-likeness (QED) is 0.776. The number of carboxylic acid groups (broad SMARTS) is 1. The van der Waals surface area contributed by atoms with Gasteiger partial charge in [-0.15, -0.1) is 0 Å². The first-order chi connectivity index (χ1) is 8.09. The van der Waals surface area contributed by atoms with Crippen molar-refractivity contribution in [1.82, 2.24) is 4.90 Å². The molecule has 0 spiro atoms. The highest BCUT2D eigenvalue weighted by Crippen LogP contribution is 2.29. The topological polar surface area (TPSA) is 74.7 Å². The van der Waals surface area contributed by atoms with Gasteiger partial charge in [-0.1, -0.05) is 30.3 Å². The summed E-state index contributed by atoms with van der Waals surface area (Å²) in [5.74, 6) is -2.57. The summed E-state index contributed by atoms with van der Waals surface area (Å²) in [7, 11) is 0. The minimum absolute atomic E-state index is 0.0517. The number of benzene rings is 1. The molecule has 1 unspecified atom stereocenters. The monoisotopic (exact) mass is 233 g/mol. The van der Waals surface area contributed by atoms with Gasteiger partial charge in [-0.2, -0.15) is 0 Å². The summed E-state index contributed by atoms with van der Waals surface area (Å²) in [4.78, 5) is 34.8. The van der Waals surface area contributed by atoms with Gasteiger partial charge in [0.2, 0.25) is 11.8 Å². The molecule has 1 N–H and O–H groups in total. The molecule has 1 saturated heterocycles. The Hall–Kier alpha value is -2.17. The van der Waals surface area contributed by atoms with Crippen molar-refractivity contribution in [3.8, 4) is 0 Å². The highest BCUT2D eigenvalue weighted by molar-refractivity contribution is 6.07. The van der Waals surface area contributed by atoms with E-state index in [1.54, 1.807) is 24.3 Å². The molecule has 1 heterocycles. The number of amides is 2. The molecule has 1 aliphatic heterocycles. The summed E-state index contributed by atoms with van der Waals surface area (Å²) in [6, 6.07) is 8.92. The number of rotatable bonds is 3. The molecule has 1 atom stereocenters. The summed E-state index contributed by atoms with van der Waals surface area (Å²) in [5, 5.41) is 8.62. The number of aliphatic carboxylic acids is 1. The number of carbonyl (C=O) groups excluding carboxylic acids is 2. The van der Waals surface area contributed by atoms with Crippen LogP contribution in [0.25, 0.3) is 0 Å². The van der Waals surface area contributed by atoms with Crippen LogP contribution in [-0.2, 0) is 14.4 Å². The number of imide groups is 1. The van der Waals surface area contributed by atoms with Gasteiger partial charge in [-0.05, 0) is 5.56 Å².